The van der Waals surface area contributed by atoms with Crippen molar-refractivity contribution < 1.29 is 9.15 Å². The van der Waals surface area contributed by atoms with Crippen LogP contribution in [0.5, 0.6) is 0 Å². The number of nitrogens with one attached hydrogen (secondary N) is 1. The molecule has 4 nitrogen and oxygen atoms in total. The summed E-state index contributed by atoms with van der Waals surface area (Å²) in [6.07, 6.45) is 2.66. The fourth-order valence-electron chi connectivity index (χ4n) is 2.04. The molecule has 0 aromatic carbocycles. The molecule has 0 amide bonds. The zero-order chi connectivity index (χ0) is 15.1. The number of hydrogen-bond donors (Lipinski definition) is 1. The minimum absolute atomic E-state index is 0.604. The van der Waals surface area contributed by atoms with Crippen molar-refractivity contribution in [2.24, 2.45) is 5.92 Å². The molecule has 0 fully saturated rings. The van der Waals surface area contributed by atoms with Crippen molar-refractivity contribution in [2.75, 3.05) is 13.2 Å². The molecular weight excluding hydrogens is 284 g/mol. The first-order valence-electron chi connectivity index (χ1n) is 7.39. The summed E-state index contributed by atoms with van der Waals surface area (Å²) >= 11 is 1.69. The van der Waals surface area contributed by atoms with Crippen LogP contribution >= 0.6 is 11.3 Å². The fourth-order valence-corrected chi connectivity index (χ4v) is 2.80. The van der Waals surface area contributed by atoms with Crippen LogP contribution in [0.25, 0.3) is 0 Å². The van der Waals surface area contributed by atoms with Gasteiger partial charge in [-0.15, -0.1) is 11.3 Å². The highest BCUT2D eigenvalue weighted by Crippen LogP contribution is 2.15. The molecule has 0 spiro atoms. The average Bonchev–Trinajstić information content (AvgIpc) is 3.04. The second-order valence-electron chi connectivity index (χ2n) is 5.56. The van der Waals surface area contributed by atoms with Crippen LogP contribution in [0.1, 0.15) is 35.7 Å². The number of furan rings is 1. The van der Waals surface area contributed by atoms with E-state index in [1.807, 2.05) is 18.5 Å². The summed E-state index contributed by atoms with van der Waals surface area (Å²) in [5, 5.41) is 3.39. The molecule has 2 heterocycles. The van der Waals surface area contributed by atoms with Gasteiger partial charge in [-0.05, 0) is 25.5 Å². The summed E-state index contributed by atoms with van der Waals surface area (Å²) in [5.41, 5.74) is 4.14. The normalized spacial score (nSPS) is 11.4. The number of rotatable bonds is 9. The summed E-state index contributed by atoms with van der Waals surface area (Å²) in [4.78, 5) is 5.55. The fraction of sp³-hybridized carbons (Fsp3) is 0.562. The lowest BCUT2D eigenvalue weighted by Crippen LogP contribution is -2.19. The van der Waals surface area contributed by atoms with Crippen molar-refractivity contribution in [3.63, 3.8) is 0 Å². The Morgan fingerprint density at radius 1 is 1.43 bits per heavy atom. The number of thiazole rings is 1. The molecule has 0 unspecified atom stereocenters. The molecule has 2 rings (SSSR count). The maximum Gasteiger partial charge on any atom is 0.123 e. The summed E-state index contributed by atoms with van der Waals surface area (Å²) in [5.74, 6) is 1.62. The van der Waals surface area contributed by atoms with Gasteiger partial charge in [0.25, 0.3) is 0 Å². The molecule has 21 heavy (non-hydrogen) atoms. The van der Waals surface area contributed by atoms with Gasteiger partial charge in [0.05, 0.1) is 37.2 Å². The van der Waals surface area contributed by atoms with E-state index in [4.69, 9.17) is 9.15 Å². The van der Waals surface area contributed by atoms with Crippen LogP contribution in [0.15, 0.2) is 22.3 Å². The van der Waals surface area contributed by atoms with Crippen LogP contribution < -0.4 is 5.32 Å². The molecular formula is C16H24N2O2S. The monoisotopic (exact) mass is 308 g/mol. The predicted molar refractivity (Wildman–Crippen MR) is 85.5 cm³/mol. The maximum absolute atomic E-state index is 5.77. The molecule has 0 aliphatic heterocycles. The van der Waals surface area contributed by atoms with E-state index in [0.717, 1.165) is 36.5 Å². The zero-order valence-corrected chi connectivity index (χ0v) is 13.8. The van der Waals surface area contributed by atoms with Crippen molar-refractivity contribution >= 4 is 11.3 Å². The highest BCUT2D eigenvalue weighted by atomic mass is 32.1. The number of aromatic nitrogens is 1. The lowest BCUT2D eigenvalue weighted by molar-refractivity contribution is 0.122. The second kappa shape index (κ2) is 8.32. The molecule has 0 atom stereocenters. The summed E-state index contributed by atoms with van der Waals surface area (Å²) in [6.45, 7) is 9.51. The van der Waals surface area contributed by atoms with Gasteiger partial charge >= 0.3 is 0 Å². The molecule has 0 radical (unpaired) electrons. The van der Waals surface area contributed by atoms with Crippen molar-refractivity contribution in [3.8, 4) is 0 Å². The minimum atomic E-state index is 0.604. The highest BCUT2D eigenvalue weighted by molar-refractivity contribution is 7.09. The van der Waals surface area contributed by atoms with Crippen LogP contribution in [-0.4, -0.2) is 18.1 Å². The molecule has 0 saturated heterocycles. The number of hydrogen-bond acceptors (Lipinski definition) is 5. The van der Waals surface area contributed by atoms with Gasteiger partial charge in [-0.25, -0.2) is 4.98 Å². The highest BCUT2D eigenvalue weighted by Gasteiger charge is 2.07. The van der Waals surface area contributed by atoms with Gasteiger partial charge in [-0.1, -0.05) is 13.8 Å². The van der Waals surface area contributed by atoms with Gasteiger partial charge in [0.1, 0.15) is 5.76 Å². The Balaban J connectivity index is 1.71. The van der Waals surface area contributed by atoms with E-state index in [-0.39, 0.29) is 0 Å². The lowest BCUT2D eigenvalue weighted by Gasteiger charge is -2.08. The van der Waals surface area contributed by atoms with E-state index in [2.05, 4.69) is 24.1 Å². The summed E-state index contributed by atoms with van der Waals surface area (Å²) < 4.78 is 11.3. The van der Waals surface area contributed by atoms with E-state index in [1.54, 1.807) is 17.6 Å². The van der Waals surface area contributed by atoms with E-state index < -0.39 is 0 Å². The van der Waals surface area contributed by atoms with Crippen LogP contribution in [-0.2, 0) is 24.3 Å². The van der Waals surface area contributed by atoms with Gasteiger partial charge in [0.2, 0.25) is 0 Å². The van der Waals surface area contributed by atoms with Crippen molar-refractivity contribution in [2.45, 2.75) is 40.3 Å². The Bertz CT molecular complexity index is 534. The van der Waals surface area contributed by atoms with E-state index >= 15 is 0 Å². The lowest BCUT2D eigenvalue weighted by atomic mass is 10.2. The maximum atomic E-state index is 5.77. The van der Waals surface area contributed by atoms with Crippen molar-refractivity contribution in [1.29, 1.82) is 0 Å². The first kappa shape index (κ1) is 16.2. The third-order valence-electron chi connectivity index (χ3n) is 3.25. The number of ether oxygens (including phenoxy) is 1. The van der Waals surface area contributed by atoms with Gasteiger partial charge in [0, 0.05) is 16.9 Å². The Hall–Kier alpha value is -1.17. The van der Waals surface area contributed by atoms with E-state index in [0.29, 0.717) is 19.1 Å². The van der Waals surface area contributed by atoms with E-state index in [1.165, 1.54) is 4.88 Å². The molecule has 116 valence electrons. The third-order valence-corrected chi connectivity index (χ3v) is 4.25. The third kappa shape index (κ3) is 5.26. The van der Waals surface area contributed by atoms with Gasteiger partial charge in [0.15, 0.2) is 0 Å². The standard InChI is InChI=1S/C16H24N2O2S/c1-12(2)8-17-9-15-14(4-7-20-15)10-19-6-5-16-13(3)18-11-21-16/h4,7,11-12,17H,5-6,8-10H2,1-3H3. The summed E-state index contributed by atoms with van der Waals surface area (Å²) in [7, 11) is 0. The topological polar surface area (TPSA) is 47.3 Å². The smallest absolute Gasteiger partial charge is 0.123 e. The van der Waals surface area contributed by atoms with Crippen LogP contribution in [0.3, 0.4) is 0 Å². The van der Waals surface area contributed by atoms with Gasteiger partial charge in [-0.3, -0.25) is 0 Å². The molecule has 5 heteroatoms. The van der Waals surface area contributed by atoms with E-state index in [9.17, 15) is 0 Å². The van der Waals surface area contributed by atoms with Crippen LogP contribution in [0.4, 0.5) is 0 Å². The molecule has 0 aliphatic rings. The quantitative estimate of drug-likeness (QED) is 0.720. The Morgan fingerprint density at radius 3 is 3.00 bits per heavy atom. The summed E-state index contributed by atoms with van der Waals surface area (Å²) in [6, 6.07) is 1.99. The molecule has 0 bridgehead atoms. The average molecular weight is 308 g/mol. The first-order valence-corrected chi connectivity index (χ1v) is 8.27. The van der Waals surface area contributed by atoms with Crippen LogP contribution in [0.2, 0.25) is 0 Å². The number of nitrogens with zero attached hydrogens (tertiary/aromatic N) is 1. The molecule has 0 aliphatic carbocycles. The van der Waals surface area contributed by atoms with Gasteiger partial charge < -0.3 is 14.5 Å². The molecule has 2 aromatic rings. The zero-order valence-electron chi connectivity index (χ0n) is 13.0. The van der Waals surface area contributed by atoms with Crippen LogP contribution in [0, 0.1) is 12.8 Å². The number of aryl methyl sites for hydroxylation is 1. The molecule has 0 saturated carbocycles. The van der Waals surface area contributed by atoms with Crippen molar-refractivity contribution in [3.05, 3.63) is 39.7 Å². The Morgan fingerprint density at radius 2 is 2.29 bits per heavy atom. The second-order valence-corrected chi connectivity index (χ2v) is 6.50. The Labute approximate surface area is 130 Å². The minimum Gasteiger partial charge on any atom is -0.468 e. The molecule has 2 aromatic heterocycles. The first-order chi connectivity index (χ1) is 10.2. The SMILES string of the molecule is Cc1ncsc1CCOCc1ccoc1CNCC(C)C. The predicted octanol–water partition coefficient (Wildman–Crippen LogP) is 3.55. The van der Waals surface area contributed by atoms with Crippen molar-refractivity contribution in [1.82, 2.24) is 10.3 Å². The molecule has 1 N–H and O–H groups in total. The van der Waals surface area contributed by atoms with Gasteiger partial charge in [-0.2, -0.15) is 0 Å². The Kier molecular flexibility index (Phi) is 6.42. The largest absolute Gasteiger partial charge is 0.468 e.